The molecule has 5 heteroatoms. The van der Waals surface area contributed by atoms with Crippen molar-refractivity contribution in [3.63, 3.8) is 0 Å². The smallest absolute Gasteiger partial charge is 0.240 e. The van der Waals surface area contributed by atoms with E-state index in [9.17, 15) is 0 Å². The minimum Gasteiger partial charge on any atom is -0.384 e. The van der Waals surface area contributed by atoms with Crippen molar-refractivity contribution in [2.24, 2.45) is 0 Å². The van der Waals surface area contributed by atoms with Crippen molar-refractivity contribution < 1.29 is 9.26 Å². The number of methoxy groups -OCH3 is 1. The van der Waals surface area contributed by atoms with Crippen LogP contribution in [0.15, 0.2) is 4.52 Å². The van der Waals surface area contributed by atoms with Gasteiger partial charge in [-0.3, -0.25) is 0 Å². The number of nitrogens with zero attached hydrogens (tertiary/aromatic N) is 2. The molecule has 0 unspecified atom stereocenters. The van der Waals surface area contributed by atoms with Crippen LogP contribution in [-0.2, 0) is 17.7 Å². The topological polar surface area (TPSA) is 60.2 Å². The van der Waals surface area contributed by atoms with Gasteiger partial charge in [0, 0.05) is 19.6 Å². The number of rotatable bonds is 6. The molecule has 0 aliphatic heterocycles. The SMILES string of the molecule is COCCc1noc(CNC2CC2)n1. The summed E-state index contributed by atoms with van der Waals surface area (Å²) in [5.74, 6) is 1.39. The standard InChI is InChI=1S/C9H15N3O2/c1-13-5-4-8-11-9(14-12-8)6-10-7-2-3-7/h7,10H,2-6H2,1H3. The van der Waals surface area contributed by atoms with Gasteiger partial charge in [-0.05, 0) is 12.8 Å². The van der Waals surface area contributed by atoms with Gasteiger partial charge >= 0.3 is 0 Å². The van der Waals surface area contributed by atoms with E-state index in [-0.39, 0.29) is 0 Å². The second-order valence-corrected chi connectivity index (χ2v) is 3.50. The molecule has 2 rings (SSSR count). The van der Waals surface area contributed by atoms with Crippen LogP contribution in [0.25, 0.3) is 0 Å². The van der Waals surface area contributed by atoms with Crippen LogP contribution in [0, 0.1) is 0 Å². The summed E-state index contributed by atoms with van der Waals surface area (Å²) in [6, 6.07) is 0.671. The van der Waals surface area contributed by atoms with Crippen molar-refractivity contribution >= 4 is 0 Å². The first-order valence-electron chi connectivity index (χ1n) is 4.92. The lowest BCUT2D eigenvalue weighted by molar-refractivity contribution is 0.199. The molecule has 0 bridgehead atoms. The molecule has 0 amide bonds. The monoisotopic (exact) mass is 197 g/mol. The summed E-state index contributed by atoms with van der Waals surface area (Å²) in [4.78, 5) is 4.23. The van der Waals surface area contributed by atoms with Crippen LogP contribution in [0.4, 0.5) is 0 Å². The maximum absolute atomic E-state index is 5.06. The maximum atomic E-state index is 5.06. The normalized spacial score (nSPS) is 16.1. The Balaban J connectivity index is 1.76. The number of ether oxygens (including phenoxy) is 1. The molecule has 1 saturated carbocycles. The molecule has 0 radical (unpaired) electrons. The van der Waals surface area contributed by atoms with Gasteiger partial charge in [-0.1, -0.05) is 5.16 Å². The summed E-state index contributed by atoms with van der Waals surface area (Å²) in [5.41, 5.74) is 0. The van der Waals surface area contributed by atoms with Gasteiger partial charge in [0.2, 0.25) is 5.89 Å². The minimum absolute atomic E-state index is 0.634. The zero-order valence-electron chi connectivity index (χ0n) is 8.32. The van der Waals surface area contributed by atoms with E-state index in [0.717, 1.165) is 5.82 Å². The highest BCUT2D eigenvalue weighted by Gasteiger charge is 2.21. The van der Waals surface area contributed by atoms with Crippen LogP contribution in [0.2, 0.25) is 0 Å². The molecule has 0 spiro atoms. The summed E-state index contributed by atoms with van der Waals surface area (Å²) in [6.45, 7) is 1.32. The van der Waals surface area contributed by atoms with Gasteiger partial charge in [-0.25, -0.2) is 0 Å². The predicted octanol–water partition coefficient (Wildman–Crippen LogP) is 0.510. The lowest BCUT2D eigenvalue weighted by atomic mass is 10.4. The quantitative estimate of drug-likeness (QED) is 0.720. The highest BCUT2D eigenvalue weighted by atomic mass is 16.5. The van der Waals surface area contributed by atoms with Gasteiger partial charge in [-0.15, -0.1) is 0 Å². The van der Waals surface area contributed by atoms with Crippen molar-refractivity contribution in [2.45, 2.75) is 31.8 Å². The molecule has 0 aromatic carbocycles. The second-order valence-electron chi connectivity index (χ2n) is 3.50. The Bertz CT molecular complexity index is 283. The first-order chi connectivity index (χ1) is 6.88. The lowest BCUT2D eigenvalue weighted by Gasteiger charge is -1.94. The fraction of sp³-hybridized carbons (Fsp3) is 0.778. The van der Waals surface area contributed by atoms with Crippen LogP contribution in [-0.4, -0.2) is 29.9 Å². The molecule has 0 atom stereocenters. The van der Waals surface area contributed by atoms with E-state index >= 15 is 0 Å². The maximum Gasteiger partial charge on any atom is 0.240 e. The first-order valence-corrected chi connectivity index (χ1v) is 4.92. The van der Waals surface area contributed by atoms with Gasteiger partial charge in [0.1, 0.15) is 0 Å². The van der Waals surface area contributed by atoms with E-state index in [1.54, 1.807) is 7.11 Å². The van der Waals surface area contributed by atoms with E-state index in [4.69, 9.17) is 9.26 Å². The zero-order chi connectivity index (χ0) is 9.80. The molecule has 1 aliphatic rings. The van der Waals surface area contributed by atoms with E-state index in [1.807, 2.05) is 0 Å². The number of nitrogens with one attached hydrogen (secondary N) is 1. The van der Waals surface area contributed by atoms with E-state index in [1.165, 1.54) is 12.8 Å². The number of hydrogen-bond acceptors (Lipinski definition) is 5. The number of hydrogen-bond donors (Lipinski definition) is 1. The van der Waals surface area contributed by atoms with Crippen LogP contribution in [0.3, 0.4) is 0 Å². The summed E-state index contributed by atoms with van der Waals surface area (Å²) in [7, 11) is 1.66. The Morgan fingerprint density at radius 3 is 3.14 bits per heavy atom. The van der Waals surface area contributed by atoms with E-state index in [2.05, 4.69) is 15.5 Å². The van der Waals surface area contributed by atoms with Crippen molar-refractivity contribution in [1.29, 1.82) is 0 Å². The molecule has 1 aromatic rings. The molecule has 1 fully saturated rings. The van der Waals surface area contributed by atoms with Gasteiger partial charge < -0.3 is 14.6 Å². The largest absolute Gasteiger partial charge is 0.384 e. The molecule has 0 saturated heterocycles. The zero-order valence-corrected chi connectivity index (χ0v) is 8.32. The van der Waals surface area contributed by atoms with Gasteiger partial charge in [0.05, 0.1) is 13.2 Å². The summed E-state index contributed by atoms with van der Waals surface area (Å²) >= 11 is 0. The molecular weight excluding hydrogens is 182 g/mol. The second kappa shape index (κ2) is 4.52. The van der Waals surface area contributed by atoms with Gasteiger partial charge in [0.25, 0.3) is 0 Å². The summed E-state index contributed by atoms with van der Waals surface area (Å²) in [6.07, 6.45) is 3.25. The van der Waals surface area contributed by atoms with Crippen molar-refractivity contribution in [2.75, 3.05) is 13.7 Å². The van der Waals surface area contributed by atoms with E-state index < -0.39 is 0 Å². The first kappa shape index (κ1) is 9.61. The average molecular weight is 197 g/mol. The molecule has 1 aromatic heterocycles. The van der Waals surface area contributed by atoms with Gasteiger partial charge in [0.15, 0.2) is 5.82 Å². The lowest BCUT2D eigenvalue weighted by Crippen LogP contribution is -2.15. The molecule has 5 nitrogen and oxygen atoms in total. The Morgan fingerprint density at radius 2 is 2.43 bits per heavy atom. The highest BCUT2D eigenvalue weighted by molar-refractivity contribution is 4.89. The molecule has 1 aliphatic carbocycles. The molecule has 1 heterocycles. The Morgan fingerprint density at radius 1 is 1.57 bits per heavy atom. The summed E-state index contributed by atoms with van der Waals surface area (Å²) in [5, 5.41) is 7.16. The van der Waals surface area contributed by atoms with Crippen molar-refractivity contribution in [3.05, 3.63) is 11.7 Å². The van der Waals surface area contributed by atoms with Crippen molar-refractivity contribution in [3.8, 4) is 0 Å². The fourth-order valence-corrected chi connectivity index (χ4v) is 1.18. The number of aromatic nitrogens is 2. The van der Waals surface area contributed by atoms with Crippen molar-refractivity contribution in [1.82, 2.24) is 15.5 Å². The summed E-state index contributed by atoms with van der Waals surface area (Å²) < 4.78 is 9.99. The highest BCUT2D eigenvalue weighted by Crippen LogP contribution is 2.18. The van der Waals surface area contributed by atoms with Gasteiger partial charge in [-0.2, -0.15) is 4.98 Å². The Labute approximate surface area is 82.8 Å². The van der Waals surface area contributed by atoms with Crippen LogP contribution in [0.5, 0.6) is 0 Å². The minimum atomic E-state index is 0.634. The third-order valence-electron chi connectivity index (χ3n) is 2.16. The van der Waals surface area contributed by atoms with Crippen LogP contribution >= 0.6 is 0 Å². The third-order valence-corrected chi connectivity index (χ3v) is 2.16. The Hall–Kier alpha value is -0.940. The molecule has 78 valence electrons. The van der Waals surface area contributed by atoms with Crippen LogP contribution < -0.4 is 5.32 Å². The van der Waals surface area contributed by atoms with E-state index in [0.29, 0.717) is 31.5 Å². The van der Waals surface area contributed by atoms with Crippen LogP contribution in [0.1, 0.15) is 24.6 Å². The average Bonchev–Trinajstić information content (AvgIpc) is 2.92. The third kappa shape index (κ3) is 2.78. The fourth-order valence-electron chi connectivity index (χ4n) is 1.18. The molecular formula is C9H15N3O2. The predicted molar refractivity (Wildman–Crippen MR) is 49.7 cm³/mol. The Kier molecular flexibility index (Phi) is 3.10. The molecule has 14 heavy (non-hydrogen) atoms. The molecule has 1 N–H and O–H groups in total.